The third kappa shape index (κ3) is 4.40. The Kier molecular flexibility index (Phi) is 4.57. The van der Waals surface area contributed by atoms with Crippen molar-refractivity contribution in [2.24, 2.45) is 5.92 Å². The standard InChI is InChI=1S/C14H19BrFN/c1-10(9-17-13-5-6-13)2-3-11-8-12(15)4-7-14(11)16/h4,7-8,10,13,17H,2-3,5-6,9H2,1H3. The Hall–Kier alpha value is -0.410. The third-order valence-corrected chi connectivity index (χ3v) is 3.74. The van der Waals surface area contributed by atoms with Crippen LogP contribution in [0, 0.1) is 11.7 Å². The largest absolute Gasteiger partial charge is 0.314 e. The highest BCUT2D eigenvalue weighted by Gasteiger charge is 2.20. The van der Waals surface area contributed by atoms with Gasteiger partial charge in [-0.15, -0.1) is 0 Å². The van der Waals surface area contributed by atoms with Gasteiger partial charge in [-0.1, -0.05) is 22.9 Å². The molecule has 0 heterocycles. The van der Waals surface area contributed by atoms with E-state index in [-0.39, 0.29) is 5.82 Å². The molecule has 0 amide bonds. The van der Waals surface area contributed by atoms with Crippen molar-refractivity contribution in [2.75, 3.05) is 6.54 Å². The van der Waals surface area contributed by atoms with E-state index < -0.39 is 0 Å². The average Bonchev–Trinajstić information content (AvgIpc) is 3.11. The number of benzene rings is 1. The molecule has 1 unspecified atom stereocenters. The molecule has 1 atom stereocenters. The van der Waals surface area contributed by atoms with Crippen molar-refractivity contribution < 1.29 is 4.39 Å². The highest BCUT2D eigenvalue weighted by atomic mass is 79.9. The molecule has 2 rings (SSSR count). The van der Waals surface area contributed by atoms with E-state index in [0.717, 1.165) is 35.5 Å². The van der Waals surface area contributed by atoms with Crippen LogP contribution in [0.2, 0.25) is 0 Å². The van der Waals surface area contributed by atoms with Crippen LogP contribution in [0.4, 0.5) is 4.39 Å². The van der Waals surface area contributed by atoms with Crippen LogP contribution in [0.5, 0.6) is 0 Å². The van der Waals surface area contributed by atoms with E-state index in [1.807, 2.05) is 6.07 Å². The summed E-state index contributed by atoms with van der Waals surface area (Å²) in [6.45, 7) is 3.28. The van der Waals surface area contributed by atoms with E-state index >= 15 is 0 Å². The van der Waals surface area contributed by atoms with E-state index in [2.05, 4.69) is 28.2 Å². The minimum absolute atomic E-state index is 0.0875. The molecule has 0 aliphatic heterocycles. The summed E-state index contributed by atoms with van der Waals surface area (Å²) in [5, 5.41) is 3.52. The maximum Gasteiger partial charge on any atom is 0.126 e. The first-order valence-electron chi connectivity index (χ1n) is 6.32. The van der Waals surface area contributed by atoms with Gasteiger partial charge >= 0.3 is 0 Å². The molecule has 1 aliphatic rings. The zero-order valence-corrected chi connectivity index (χ0v) is 11.8. The normalized spacial score (nSPS) is 17.1. The molecule has 0 bridgehead atoms. The van der Waals surface area contributed by atoms with Crippen LogP contribution in [0.3, 0.4) is 0 Å². The average molecular weight is 300 g/mol. The lowest BCUT2D eigenvalue weighted by Crippen LogP contribution is -2.23. The number of rotatable bonds is 6. The Balaban J connectivity index is 1.77. The van der Waals surface area contributed by atoms with E-state index in [1.165, 1.54) is 18.9 Å². The van der Waals surface area contributed by atoms with Gasteiger partial charge in [0.25, 0.3) is 0 Å². The van der Waals surface area contributed by atoms with E-state index in [4.69, 9.17) is 0 Å². The molecule has 1 aromatic rings. The lowest BCUT2D eigenvalue weighted by molar-refractivity contribution is 0.474. The Morgan fingerprint density at radius 3 is 2.94 bits per heavy atom. The minimum atomic E-state index is -0.0875. The minimum Gasteiger partial charge on any atom is -0.314 e. The van der Waals surface area contributed by atoms with Gasteiger partial charge in [-0.05, 0) is 61.9 Å². The Labute approximate surface area is 111 Å². The molecular formula is C14H19BrFN. The second-order valence-corrected chi connectivity index (χ2v) is 5.98. The van der Waals surface area contributed by atoms with Crippen molar-refractivity contribution in [3.8, 4) is 0 Å². The van der Waals surface area contributed by atoms with Gasteiger partial charge in [-0.3, -0.25) is 0 Å². The molecule has 1 aliphatic carbocycles. The van der Waals surface area contributed by atoms with E-state index in [0.29, 0.717) is 5.92 Å². The van der Waals surface area contributed by atoms with Crippen molar-refractivity contribution in [1.82, 2.24) is 5.32 Å². The topological polar surface area (TPSA) is 12.0 Å². The summed E-state index contributed by atoms with van der Waals surface area (Å²) in [6.07, 6.45) is 4.51. The molecular weight excluding hydrogens is 281 g/mol. The fourth-order valence-electron chi connectivity index (χ4n) is 1.89. The van der Waals surface area contributed by atoms with Crippen LogP contribution in [0.25, 0.3) is 0 Å². The van der Waals surface area contributed by atoms with Gasteiger partial charge in [-0.2, -0.15) is 0 Å². The number of halogens is 2. The Bertz CT molecular complexity index is 376. The van der Waals surface area contributed by atoms with E-state index in [1.54, 1.807) is 6.07 Å². The molecule has 1 fully saturated rings. The SMILES string of the molecule is CC(CCc1cc(Br)ccc1F)CNC1CC1. The summed E-state index contributed by atoms with van der Waals surface area (Å²) < 4.78 is 14.5. The Morgan fingerprint density at radius 1 is 1.47 bits per heavy atom. The van der Waals surface area contributed by atoms with Crippen molar-refractivity contribution >= 4 is 15.9 Å². The Morgan fingerprint density at radius 2 is 2.24 bits per heavy atom. The summed E-state index contributed by atoms with van der Waals surface area (Å²) >= 11 is 3.38. The highest BCUT2D eigenvalue weighted by Crippen LogP contribution is 2.21. The molecule has 3 heteroatoms. The van der Waals surface area contributed by atoms with Gasteiger partial charge in [0.15, 0.2) is 0 Å². The molecule has 94 valence electrons. The lowest BCUT2D eigenvalue weighted by atomic mass is 10.0. The number of nitrogens with one attached hydrogen (secondary N) is 1. The third-order valence-electron chi connectivity index (χ3n) is 3.25. The maximum atomic E-state index is 13.5. The van der Waals surface area contributed by atoms with Crippen molar-refractivity contribution in [3.05, 3.63) is 34.1 Å². The molecule has 1 aromatic carbocycles. The molecule has 1 N–H and O–H groups in total. The zero-order valence-electron chi connectivity index (χ0n) is 10.2. The second kappa shape index (κ2) is 5.96. The summed E-state index contributed by atoms with van der Waals surface area (Å²) in [5.41, 5.74) is 0.817. The fraction of sp³-hybridized carbons (Fsp3) is 0.571. The van der Waals surface area contributed by atoms with Gasteiger partial charge in [-0.25, -0.2) is 4.39 Å². The fourth-order valence-corrected chi connectivity index (χ4v) is 2.30. The first-order chi connectivity index (χ1) is 8.15. The zero-order chi connectivity index (χ0) is 12.3. The second-order valence-electron chi connectivity index (χ2n) is 5.06. The van der Waals surface area contributed by atoms with Crippen LogP contribution < -0.4 is 5.32 Å². The molecule has 0 radical (unpaired) electrons. The maximum absolute atomic E-state index is 13.5. The van der Waals surface area contributed by atoms with Gasteiger partial charge in [0.05, 0.1) is 0 Å². The van der Waals surface area contributed by atoms with Gasteiger partial charge in [0, 0.05) is 10.5 Å². The monoisotopic (exact) mass is 299 g/mol. The van der Waals surface area contributed by atoms with Crippen LogP contribution in [-0.2, 0) is 6.42 Å². The molecule has 0 spiro atoms. The quantitative estimate of drug-likeness (QED) is 0.840. The summed E-state index contributed by atoms with van der Waals surface area (Å²) in [5.74, 6) is 0.518. The molecule has 0 aromatic heterocycles. The predicted octanol–water partition coefficient (Wildman–Crippen LogP) is 3.91. The van der Waals surface area contributed by atoms with Crippen LogP contribution in [0.1, 0.15) is 31.7 Å². The van der Waals surface area contributed by atoms with Gasteiger partial charge in [0.1, 0.15) is 5.82 Å². The molecule has 1 nitrogen and oxygen atoms in total. The van der Waals surface area contributed by atoms with Crippen LogP contribution in [0.15, 0.2) is 22.7 Å². The van der Waals surface area contributed by atoms with Crippen LogP contribution in [-0.4, -0.2) is 12.6 Å². The van der Waals surface area contributed by atoms with Gasteiger partial charge in [0.2, 0.25) is 0 Å². The summed E-state index contributed by atoms with van der Waals surface area (Å²) in [4.78, 5) is 0. The highest BCUT2D eigenvalue weighted by molar-refractivity contribution is 9.10. The van der Waals surface area contributed by atoms with Crippen LogP contribution >= 0.6 is 15.9 Å². The first kappa shape index (κ1) is 13.0. The number of hydrogen-bond acceptors (Lipinski definition) is 1. The predicted molar refractivity (Wildman–Crippen MR) is 72.6 cm³/mol. The molecule has 17 heavy (non-hydrogen) atoms. The molecule has 1 saturated carbocycles. The van der Waals surface area contributed by atoms with Crippen molar-refractivity contribution in [2.45, 2.75) is 38.6 Å². The van der Waals surface area contributed by atoms with Gasteiger partial charge < -0.3 is 5.32 Å². The lowest BCUT2D eigenvalue weighted by Gasteiger charge is -2.12. The number of hydrogen-bond donors (Lipinski definition) is 1. The molecule has 0 saturated heterocycles. The smallest absolute Gasteiger partial charge is 0.126 e. The summed E-state index contributed by atoms with van der Waals surface area (Å²) in [6, 6.07) is 5.93. The van der Waals surface area contributed by atoms with Crippen molar-refractivity contribution in [1.29, 1.82) is 0 Å². The van der Waals surface area contributed by atoms with Crippen molar-refractivity contribution in [3.63, 3.8) is 0 Å². The van der Waals surface area contributed by atoms with E-state index in [9.17, 15) is 4.39 Å². The summed E-state index contributed by atoms with van der Waals surface area (Å²) in [7, 11) is 0. The first-order valence-corrected chi connectivity index (χ1v) is 7.12. The number of aryl methyl sites for hydroxylation is 1.